The molecule has 1 aliphatic carbocycles. The molecule has 5 heteroatoms. The van der Waals surface area contributed by atoms with E-state index >= 15 is 0 Å². The predicted octanol–water partition coefficient (Wildman–Crippen LogP) is 3.40. The molecule has 124 valence electrons. The second-order valence-electron chi connectivity index (χ2n) is 6.12. The van der Waals surface area contributed by atoms with E-state index in [1.807, 2.05) is 12.1 Å². The fraction of sp³-hybridized carbons (Fsp3) is 0.316. The lowest BCUT2D eigenvalue weighted by Gasteiger charge is -2.29. The van der Waals surface area contributed by atoms with Crippen molar-refractivity contribution in [3.8, 4) is 11.5 Å². The predicted molar refractivity (Wildman–Crippen MR) is 87.0 cm³/mol. The number of hydrogen-bond donors (Lipinski definition) is 1. The quantitative estimate of drug-likeness (QED) is 0.919. The molecule has 1 heterocycles. The van der Waals surface area contributed by atoms with Gasteiger partial charge in [0.1, 0.15) is 19.0 Å². The Bertz CT molecular complexity index is 773. The summed E-state index contributed by atoms with van der Waals surface area (Å²) >= 11 is 0. The summed E-state index contributed by atoms with van der Waals surface area (Å²) in [5.41, 5.74) is 2.73. The van der Waals surface area contributed by atoms with E-state index in [9.17, 15) is 9.18 Å². The molecule has 2 aromatic carbocycles. The van der Waals surface area contributed by atoms with Crippen molar-refractivity contribution in [2.45, 2.75) is 25.3 Å². The van der Waals surface area contributed by atoms with E-state index in [1.54, 1.807) is 0 Å². The Morgan fingerprint density at radius 3 is 2.54 bits per heavy atom. The average molecular weight is 327 g/mol. The molecule has 4 rings (SSSR count). The molecular formula is C19H18FNO3. The molecule has 1 aliphatic heterocycles. The van der Waals surface area contributed by atoms with Gasteiger partial charge in [-0.15, -0.1) is 0 Å². The molecule has 0 aromatic heterocycles. The number of carbonyl (C=O) groups excluding carboxylic acids is 1. The van der Waals surface area contributed by atoms with Gasteiger partial charge in [0.15, 0.2) is 11.5 Å². The van der Waals surface area contributed by atoms with Crippen LogP contribution in [-0.2, 0) is 6.42 Å². The van der Waals surface area contributed by atoms with Crippen molar-refractivity contribution in [2.24, 2.45) is 0 Å². The summed E-state index contributed by atoms with van der Waals surface area (Å²) in [6, 6.07) is 9.54. The van der Waals surface area contributed by atoms with Crippen molar-refractivity contribution in [1.82, 2.24) is 5.32 Å². The van der Waals surface area contributed by atoms with Crippen LogP contribution in [-0.4, -0.2) is 19.1 Å². The minimum Gasteiger partial charge on any atom is -0.486 e. The molecule has 0 saturated heterocycles. The Morgan fingerprint density at radius 1 is 1.08 bits per heavy atom. The lowest BCUT2D eigenvalue weighted by molar-refractivity contribution is 0.0932. The smallest absolute Gasteiger partial charge is 0.251 e. The van der Waals surface area contributed by atoms with Crippen LogP contribution in [0.4, 0.5) is 4.39 Å². The second kappa shape index (κ2) is 6.15. The van der Waals surface area contributed by atoms with Crippen LogP contribution in [0.25, 0.3) is 0 Å². The van der Waals surface area contributed by atoms with Crippen LogP contribution in [0.2, 0.25) is 0 Å². The lowest BCUT2D eigenvalue weighted by atomic mass is 9.87. The minimum atomic E-state index is -0.349. The van der Waals surface area contributed by atoms with Crippen molar-refractivity contribution in [2.75, 3.05) is 13.2 Å². The Labute approximate surface area is 139 Å². The first-order chi connectivity index (χ1) is 11.7. The zero-order chi connectivity index (χ0) is 16.5. The van der Waals surface area contributed by atoms with Crippen LogP contribution in [0.3, 0.4) is 0 Å². The number of nitrogens with one attached hydrogen (secondary N) is 1. The van der Waals surface area contributed by atoms with E-state index < -0.39 is 0 Å². The molecule has 0 bridgehead atoms. The second-order valence-corrected chi connectivity index (χ2v) is 6.12. The zero-order valence-corrected chi connectivity index (χ0v) is 13.2. The molecule has 0 saturated carbocycles. The molecule has 0 radical (unpaired) electrons. The average Bonchev–Trinajstić information content (AvgIpc) is 2.61. The van der Waals surface area contributed by atoms with Gasteiger partial charge in [0, 0.05) is 5.56 Å². The van der Waals surface area contributed by atoms with Crippen LogP contribution in [0, 0.1) is 5.82 Å². The highest BCUT2D eigenvalue weighted by molar-refractivity contribution is 5.94. The molecule has 1 amide bonds. The van der Waals surface area contributed by atoms with E-state index in [0.29, 0.717) is 18.8 Å². The van der Waals surface area contributed by atoms with Crippen LogP contribution in [0.15, 0.2) is 36.4 Å². The summed E-state index contributed by atoms with van der Waals surface area (Å²) in [4.78, 5) is 12.4. The summed E-state index contributed by atoms with van der Waals surface area (Å²) in [6.07, 6.45) is 2.84. The third-order valence-corrected chi connectivity index (χ3v) is 4.53. The Morgan fingerprint density at radius 2 is 1.79 bits per heavy atom. The van der Waals surface area contributed by atoms with Gasteiger partial charge in [0.05, 0.1) is 6.04 Å². The fourth-order valence-electron chi connectivity index (χ4n) is 3.33. The molecule has 0 fully saturated rings. The molecule has 2 aromatic rings. The first-order valence-electron chi connectivity index (χ1n) is 8.19. The maximum atomic E-state index is 13.0. The topological polar surface area (TPSA) is 47.6 Å². The maximum Gasteiger partial charge on any atom is 0.251 e. The van der Waals surface area contributed by atoms with Crippen LogP contribution >= 0.6 is 0 Å². The van der Waals surface area contributed by atoms with E-state index in [2.05, 4.69) is 5.32 Å². The standard InChI is InChI=1S/C19H18FNO3/c20-14-6-4-12(5-7-14)19(22)21-16-3-1-2-13-10-17-18(11-15(13)16)24-9-8-23-17/h4-7,10-11,16H,1-3,8-9H2,(H,21,22). The monoisotopic (exact) mass is 327 g/mol. The summed E-state index contributed by atoms with van der Waals surface area (Å²) in [5.74, 6) is 0.981. The number of ether oxygens (including phenoxy) is 2. The summed E-state index contributed by atoms with van der Waals surface area (Å²) in [6.45, 7) is 1.11. The van der Waals surface area contributed by atoms with Crippen LogP contribution < -0.4 is 14.8 Å². The van der Waals surface area contributed by atoms with Gasteiger partial charge in [-0.1, -0.05) is 0 Å². The van der Waals surface area contributed by atoms with Gasteiger partial charge >= 0.3 is 0 Å². The van der Waals surface area contributed by atoms with Gasteiger partial charge in [-0.25, -0.2) is 4.39 Å². The van der Waals surface area contributed by atoms with Gasteiger partial charge in [-0.3, -0.25) is 4.79 Å². The van der Waals surface area contributed by atoms with E-state index in [4.69, 9.17) is 9.47 Å². The third kappa shape index (κ3) is 2.82. The Hall–Kier alpha value is -2.56. The van der Waals surface area contributed by atoms with Gasteiger partial charge in [-0.05, 0) is 66.8 Å². The van der Waals surface area contributed by atoms with Gasteiger partial charge in [-0.2, -0.15) is 0 Å². The first kappa shape index (κ1) is 15.0. The zero-order valence-electron chi connectivity index (χ0n) is 13.2. The number of carbonyl (C=O) groups is 1. The van der Waals surface area contributed by atoms with Crippen LogP contribution in [0.1, 0.15) is 40.4 Å². The minimum absolute atomic E-state index is 0.0675. The highest BCUT2D eigenvalue weighted by Gasteiger charge is 2.25. The SMILES string of the molecule is O=C(NC1CCCc2cc3c(cc21)OCCO3)c1ccc(F)cc1. The highest BCUT2D eigenvalue weighted by Crippen LogP contribution is 2.39. The maximum absolute atomic E-state index is 13.0. The normalized spacial score (nSPS) is 18.6. The molecule has 1 atom stereocenters. The lowest BCUT2D eigenvalue weighted by Crippen LogP contribution is -2.31. The Kier molecular flexibility index (Phi) is 3.84. The van der Waals surface area contributed by atoms with E-state index in [0.717, 1.165) is 36.3 Å². The summed E-state index contributed by atoms with van der Waals surface area (Å²) < 4.78 is 24.3. The third-order valence-electron chi connectivity index (χ3n) is 4.53. The van der Waals surface area contributed by atoms with Gasteiger partial charge < -0.3 is 14.8 Å². The molecule has 24 heavy (non-hydrogen) atoms. The molecule has 2 aliphatic rings. The van der Waals surface area contributed by atoms with Crippen molar-refractivity contribution >= 4 is 5.91 Å². The molecular weight excluding hydrogens is 309 g/mol. The van der Waals surface area contributed by atoms with Crippen molar-refractivity contribution in [1.29, 1.82) is 0 Å². The molecule has 1 unspecified atom stereocenters. The van der Waals surface area contributed by atoms with Gasteiger partial charge in [0.2, 0.25) is 0 Å². The fourth-order valence-corrected chi connectivity index (χ4v) is 3.33. The number of rotatable bonds is 2. The number of aryl methyl sites for hydroxylation is 1. The summed E-state index contributed by atoms with van der Waals surface area (Å²) in [5, 5.41) is 3.06. The van der Waals surface area contributed by atoms with Crippen molar-refractivity contribution < 1.29 is 18.7 Å². The first-order valence-corrected chi connectivity index (χ1v) is 8.19. The number of amides is 1. The number of fused-ring (bicyclic) bond motifs is 2. The Balaban J connectivity index is 1.59. The van der Waals surface area contributed by atoms with E-state index in [-0.39, 0.29) is 17.8 Å². The van der Waals surface area contributed by atoms with Gasteiger partial charge in [0.25, 0.3) is 5.91 Å². The van der Waals surface area contributed by atoms with Crippen molar-refractivity contribution in [3.63, 3.8) is 0 Å². The molecule has 0 spiro atoms. The molecule has 4 nitrogen and oxygen atoms in total. The van der Waals surface area contributed by atoms with Crippen LogP contribution in [0.5, 0.6) is 11.5 Å². The number of benzene rings is 2. The number of halogens is 1. The largest absolute Gasteiger partial charge is 0.486 e. The van der Waals surface area contributed by atoms with Crippen molar-refractivity contribution in [3.05, 3.63) is 58.9 Å². The highest BCUT2D eigenvalue weighted by atomic mass is 19.1. The molecule has 1 N–H and O–H groups in total. The summed E-state index contributed by atoms with van der Waals surface area (Å²) in [7, 11) is 0. The van der Waals surface area contributed by atoms with E-state index in [1.165, 1.54) is 29.8 Å². The number of hydrogen-bond acceptors (Lipinski definition) is 3.